The van der Waals surface area contributed by atoms with Crippen LogP contribution in [0.15, 0.2) is 35.4 Å². The van der Waals surface area contributed by atoms with Crippen molar-refractivity contribution in [2.45, 2.75) is 20.3 Å². The van der Waals surface area contributed by atoms with Crippen molar-refractivity contribution in [2.75, 3.05) is 20.8 Å². The molecule has 146 valence electrons. The zero-order valence-corrected chi connectivity index (χ0v) is 15.8. The van der Waals surface area contributed by atoms with Crippen molar-refractivity contribution in [1.82, 2.24) is 5.32 Å². The summed E-state index contributed by atoms with van der Waals surface area (Å²) in [4.78, 5) is 46.9. The average Bonchev–Trinajstić information content (AvgIpc) is 2.64. The topological polar surface area (TPSA) is 125 Å². The summed E-state index contributed by atoms with van der Waals surface area (Å²) >= 11 is 0. The molecule has 0 fully saturated rings. The van der Waals surface area contributed by atoms with E-state index in [1.54, 1.807) is 38.1 Å². The van der Waals surface area contributed by atoms with Crippen molar-refractivity contribution in [3.05, 3.63) is 46.5 Å². The molecular formula is C19H24N2O6. The first-order valence-corrected chi connectivity index (χ1v) is 8.26. The van der Waals surface area contributed by atoms with Crippen molar-refractivity contribution in [3.8, 4) is 0 Å². The number of carbonyl (C=O) groups excluding carboxylic acids is 4. The third-order valence-electron chi connectivity index (χ3n) is 3.76. The molecule has 0 bridgehead atoms. The molecule has 0 aromatic heterocycles. The van der Waals surface area contributed by atoms with Gasteiger partial charge in [0.2, 0.25) is 5.91 Å². The number of esters is 2. The number of primary amides is 1. The fraction of sp³-hybridized carbons (Fsp3) is 0.368. The van der Waals surface area contributed by atoms with Gasteiger partial charge < -0.3 is 20.5 Å². The summed E-state index contributed by atoms with van der Waals surface area (Å²) in [7, 11) is 2.49. The van der Waals surface area contributed by atoms with Crippen LogP contribution in [-0.4, -0.2) is 44.5 Å². The summed E-state index contributed by atoms with van der Waals surface area (Å²) in [6.45, 7) is 3.30. The highest BCUT2D eigenvalue weighted by atomic mass is 16.5. The van der Waals surface area contributed by atoms with Crippen LogP contribution < -0.4 is 11.1 Å². The molecule has 8 nitrogen and oxygen atoms in total. The summed E-state index contributed by atoms with van der Waals surface area (Å²) in [5.74, 6) is -2.54. The molecule has 0 aliphatic heterocycles. The molecule has 0 aliphatic rings. The monoisotopic (exact) mass is 376 g/mol. The molecule has 8 heteroatoms. The van der Waals surface area contributed by atoms with Crippen LogP contribution in [0.5, 0.6) is 0 Å². The normalized spacial score (nSPS) is 11.4. The first kappa shape index (κ1) is 21.9. The number of methoxy groups -OCH3 is 2. The van der Waals surface area contributed by atoms with E-state index in [9.17, 15) is 19.2 Å². The molecule has 1 rings (SSSR count). The van der Waals surface area contributed by atoms with Gasteiger partial charge in [0, 0.05) is 12.0 Å². The van der Waals surface area contributed by atoms with E-state index in [0.717, 1.165) is 0 Å². The Morgan fingerprint density at radius 3 is 2.00 bits per heavy atom. The van der Waals surface area contributed by atoms with Crippen LogP contribution in [0.3, 0.4) is 0 Å². The molecule has 0 spiro atoms. The standard InChI is InChI=1S/C19H24N2O6/c1-11(2)16(19(25)27-4)14(18(24)26-3)9-12-5-7-13(8-6-12)17(23)21-10-15(20)22/h5-8,11H,9-10H2,1-4H3,(H2,20,22)(H,21,23). The van der Waals surface area contributed by atoms with Crippen molar-refractivity contribution in [3.63, 3.8) is 0 Å². The highest BCUT2D eigenvalue weighted by Gasteiger charge is 2.25. The molecule has 0 saturated carbocycles. The molecule has 1 aromatic carbocycles. The maximum absolute atomic E-state index is 12.2. The van der Waals surface area contributed by atoms with E-state index in [-0.39, 0.29) is 30.0 Å². The Kier molecular flexibility index (Phi) is 8.19. The lowest BCUT2D eigenvalue weighted by Gasteiger charge is -2.15. The van der Waals surface area contributed by atoms with E-state index in [0.29, 0.717) is 11.1 Å². The predicted molar refractivity (Wildman–Crippen MR) is 97.6 cm³/mol. The van der Waals surface area contributed by atoms with E-state index in [1.807, 2.05) is 0 Å². The smallest absolute Gasteiger partial charge is 0.334 e. The van der Waals surface area contributed by atoms with Gasteiger partial charge in [-0.2, -0.15) is 0 Å². The summed E-state index contributed by atoms with van der Waals surface area (Å²) in [5.41, 5.74) is 6.46. The second kappa shape index (κ2) is 10.1. The minimum absolute atomic E-state index is 0.137. The molecule has 27 heavy (non-hydrogen) atoms. The maximum atomic E-state index is 12.2. The van der Waals surface area contributed by atoms with E-state index in [2.05, 4.69) is 5.32 Å². The highest BCUT2D eigenvalue weighted by Crippen LogP contribution is 2.22. The lowest BCUT2D eigenvalue weighted by Crippen LogP contribution is -2.33. The van der Waals surface area contributed by atoms with Gasteiger partial charge in [0.1, 0.15) is 0 Å². The van der Waals surface area contributed by atoms with Crippen molar-refractivity contribution < 1.29 is 28.7 Å². The first-order chi connectivity index (χ1) is 12.7. The number of amides is 2. The lowest BCUT2D eigenvalue weighted by atomic mass is 9.92. The molecule has 3 N–H and O–H groups in total. The highest BCUT2D eigenvalue weighted by molar-refractivity contribution is 6.01. The zero-order chi connectivity index (χ0) is 20.6. The van der Waals surface area contributed by atoms with Gasteiger partial charge in [0.05, 0.1) is 31.9 Å². The molecule has 0 aliphatic carbocycles. The maximum Gasteiger partial charge on any atom is 0.334 e. The Labute approximate surface area is 157 Å². The Bertz CT molecular complexity index is 750. The van der Waals surface area contributed by atoms with Gasteiger partial charge in [-0.25, -0.2) is 9.59 Å². The third kappa shape index (κ3) is 6.25. The quantitative estimate of drug-likeness (QED) is 0.509. The fourth-order valence-electron chi connectivity index (χ4n) is 2.47. The largest absolute Gasteiger partial charge is 0.466 e. The summed E-state index contributed by atoms with van der Waals surface area (Å²) in [6, 6.07) is 6.40. The summed E-state index contributed by atoms with van der Waals surface area (Å²) in [5, 5.41) is 2.38. The van der Waals surface area contributed by atoms with Crippen molar-refractivity contribution in [2.24, 2.45) is 11.7 Å². The van der Waals surface area contributed by atoms with Crippen LogP contribution in [0.4, 0.5) is 0 Å². The number of nitrogens with one attached hydrogen (secondary N) is 1. The molecule has 0 unspecified atom stereocenters. The van der Waals surface area contributed by atoms with Gasteiger partial charge in [0.15, 0.2) is 0 Å². The lowest BCUT2D eigenvalue weighted by molar-refractivity contribution is -0.139. The van der Waals surface area contributed by atoms with E-state index in [4.69, 9.17) is 15.2 Å². The second-order valence-electron chi connectivity index (χ2n) is 6.05. The van der Waals surface area contributed by atoms with Gasteiger partial charge in [-0.05, 0) is 23.6 Å². The fourth-order valence-corrected chi connectivity index (χ4v) is 2.47. The molecule has 0 atom stereocenters. The molecule has 0 saturated heterocycles. The Morgan fingerprint density at radius 1 is 1.00 bits per heavy atom. The molecular weight excluding hydrogens is 352 g/mol. The number of ether oxygens (including phenoxy) is 2. The van der Waals surface area contributed by atoms with Crippen molar-refractivity contribution >= 4 is 23.8 Å². The van der Waals surface area contributed by atoms with Gasteiger partial charge in [-0.3, -0.25) is 9.59 Å². The van der Waals surface area contributed by atoms with Gasteiger partial charge in [0.25, 0.3) is 5.91 Å². The molecule has 1 aromatic rings. The van der Waals surface area contributed by atoms with Gasteiger partial charge in [-0.15, -0.1) is 0 Å². The first-order valence-electron chi connectivity index (χ1n) is 8.26. The van der Waals surface area contributed by atoms with Gasteiger partial charge >= 0.3 is 11.9 Å². The summed E-state index contributed by atoms with van der Waals surface area (Å²) in [6.07, 6.45) is 0.137. The van der Waals surface area contributed by atoms with Crippen LogP contribution in [0.1, 0.15) is 29.8 Å². The van der Waals surface area contributed by atoms with E-state index in [1.165, 1.54) is 14.2 Å². The average molecular weight is 376 g/mol. The number of hydrogen-bond donors (Lipinski definition) is 2. The van der Waals surface area contributed by atoms with Crippen LogP contribution in [0.25, 0.3) is 0 Å². The number of benzene rings is 1. The minimum Gasteiger partial charge on any atom is -0.466 e. The minimum atomic E-state index is -0.642. The van der Waals surface area contributed by atoms with Crippen LogP contribution >= 0.6 is 0 Å². The number of carbonyl (C=O) groups is 4. The van der Waals surface area contributed by atoms with Crippen LogP contribution in [0.2, 0.25) is 0 Å². The number of hydrogen-bond acceptors (Lipinski definition) is 6. The predicted octanol–water partition coefficient (Wildman–Crippen LogP) is 0.743. The van der Waals surface area contributed by atoms with Gasteiger partial charge in [-0.1, -0.05) is 26.0 Å². The third-order valence-corrected chi connectivity index (χ3v) is 3.76. The Balaban J connectivity index is 3.13. The SMILES string of the molecule is COC(=O)C(Cc1ccc(C(=O)NCC(N)=O)cc1)=C(C(=O)OC)C(C)C. The van der Waals surface area contributed by atoms with Crippen LogP contribution in [0, 0.1) is 5.92 Å². The Hall–Kier alpha value is -3.16. The summed E-state index contributed by atoms with van der Waals surface area (Å²) < 4.78 is 9.60. The van der Waals surface area contributed by atoms with E-state index < -0.39 is 23.8 Å². The number of rotatable bonds is 8. The molecule has 0 radical (unpaired) electrons. The molecule has 2 amide bonds. The van der Waals surface area contributed by atoms with E-state index >= 15 is 0 Å². The van der Waals surface area contributed by atoms with Crippen molar-refractivity contribution in [1.29, 1.82) is 0 Å². The number of nitrogens with two attached hydrogens (primary N) is 1. The van der Waals surface area contributed by atoms with Crippen LogP contribution in [-0.2, 0) is 30.3 Å². The molecule has 0 heterocycles. The zero-order valence-electron chi connectivity index (χ0n) is 15.8. The Morgan fingerprint density at radius 2 is 1.56 bits per heavy atom. The second-order valence-corrected chi connectivity index (χ2v) is 6.05.